The van der Waals surface area contributed by atoms with Gasteiger partial charge in [0.15, 0.2) is 0 Å². The Bertz CT molecular complexity index is 465. The van der Waals surface area contributed by atoms with Crippen LogP contribution in [0.15, 0.2) is 28.1 Å². The first kappa shape index (κ1) is 14.0. The van der Waals surface area contributed by atoms with Crippen LogP contribution in [0.3, 0.4) is 0 Å². The van der Waals surface area contributed by atoms with E-state index < -0.39 is 0 Å². The lowest BCUT2D eigenvalue weighted by molar-refractivity contribution is 0.544. The molecule has 0 radical (unpaired) electrons. The van der Waals surface area contributed by atoms with Crippen molar-refractivity contribution in [3.8, 4) is 0 Å². The number of hydrogen-bond donors (Lipinski definition) is 1. The van der Waals surface area contributed by atoms with Gasteiger partial charge in [-0.25, -0.2) is 4.68 Å². The highest BCUT2D eigenvalue weighted by molar-refractivity contribution is 9.10. The molecule has 94 valence electrons. The average molecular weight is 300 g/mol. The molecule has 0 aliphatic carbocycles. The van der Waals surface area contributed by atoms with Crippen molar-refractivity contribution >= 4 is 21.6 Å². The summed E-state index contributed by atoms with van der Waals surface area (Å²) in [6.45, 7) is 10.2. The first-order valence-electron chi connectivity index (χ1n) is 5.56. The third kappa shape index (κ3) is 3.43. The Hall–Kier alpha value is -1.10. The zero-order valence-electron chi connectivity index (χ0n) is 10.5. The van der Waals surface area contributed by atoms with Crippen molar-refractivity contribution < 1.29 is 0 Å². The van der Waals surface area contributed by atoms with Crippen LogP contribution in [-0.4, -0.2) is 15.3 Å². The topological polar surface area (TPSA) is 46.9 Å². The molecule has 1 aromatic rings. The van der Waals surface area contributed by atoms with Crippen LogP contribution in [0.4, 0.5) is 5.69 Å². The van der Waals surface area contributed by atoms with Crippen LogP contribution < -0.4 is 10.9 Å². The lowest BCUT2D eigenvalue weighted by Gasteiger charge is -2.26. The van der Waals surface area contributed by atoms with Gasteiger partial charge < -0.3 is 5.32 Å². The highest BCUT2D eigenvalue weighted by atomic mass is 79.9. The summed E-state index contributed by atoms with van der Waals surface area (Å²) in [5.74, 6) is 0. The van der Waals surface area contributed by atoms with Crippen molar-refractivity contribution in [3.63, 3.8) is 0 Å². The molecule has 0 aliphatic heterocycles. The van der Waals surface area contributed by atoms with Gasteiger partial charge >= 0.3 is 0 Å². The Kier molecular flexibility index (Phi) is 4.51. The van der Waals surface area contributed by atoms with Crippen LogP contribution >= 0.6 is 15.9 Å². The summed E-state index contributed by atoms with van der Waals surface area (Å²) in [5.41, 5.74) is 0.505. The van der Waals surface area contributed by atoms with E-state index in [1.165, 1.54) is 4.68 Å². The fourth-order valence-corrected chi connectivity index (χ4v) is 1.66. The van der Waals surface area contributed by atoms with Gasteiger partial charge in [0.1, 0.15) is 4.47 Å². The second-order valence-electron chi connectivity index (χ2n) is 4.51. The monoisotopic (exact) mass is 299 g/mol. The molecule has 0 atom stereocenters. The van der Waals surface area contributed by atoms with Crippen molar-refractivity contribution in [2.45, 2.75) is 39.3 Å². The number of nitrogens with zero attached hydrogens (tertiary/aromatic N) is 2. The van der Waals surface area contributed by atoms with E-state index in [9.17, 15) is 4.79 Å². The minimum absolute atomic E-state index is 0.0682. The highest BCUT2D eigenvalue weighted by Crippen LogP contribution is 2.22. The Morgan fingerprint density at radius 3 is 2.82 bits per heavy atom. The predicted molar refractivity (Wildman–Crippen MR) is 74.4 cm³/mol. The standard InChI is InChI=1S/C12H18BrN3O/c1-5-7-16-11(17)10(13)9(8-14-16)15-12(3,4)6-2/h5,8,15H,1,6-7H2,2-4H3. The Morgan fingerprint density at radius 1 is 1.65 bits per heavy atom. The number of allylic oxidation sites excluding steroid dienone is 1. The normalized spacial score (nSPS) is 11.3. The molecule has 0 saturated heterocycles. The number of nitrogens with one attached hydrogen (secondary N) is 1. The van der Waals surface area contributed by atoms with Gasteiger partial charge in [-0.05, 0) is 36.2 Å². The van der Waals surface area contributed by atoms with Crippen LogP contribution in [0.25, 0.3) is 0 Å². The van der Waals surface area contributed by atoms with Gasteiger partial charge in [-0.1, -0.05) is 13.0 Å². The summed E-state index contributed by atoms with van der Waals surface area (Å²) >= 11 is 3.31. The molecule has 0 saturated carbocycles. The predicted octanol–water partition coefficient (Wildman–Crippen LogP) is 2.79. The summed E-state index contributed by atoms with van der Waals surface area (Å²) in [7, 11) is 0. The maximum absolute atomic E-state index is 11.9. The summed E-state index contributed by atoms with van der Waals surface area (Å²) < 4.78 is 1.87. The van der Waals surface area contributed by atoms with Crippen LogP contribution in [0.1, 0.15) is 27.2 Å². The summed E-state index contributed by atoms with van der Waals surface area (Å²) in [4.78, 5) is 11.9. The van der Waals surface area contributed by atoms with Gasteiger partial charge in [0.25, 0.3) is 5.56 Å². The lowest BCUT2D eigenvalue weighted by Crippen LogP contribution is -2.32. The van der Waals surface area contributed by atoms with Gasteiger partial charge in [0, 0.05) is 5.54 Å². The van der Waals surface area contributed by atoms with E-state index in [2.05, 4.69) is 53.7 Å². The SMILES string of the molecule is C=CCn1ncc(NC(C)(C)CC)c(Br)c1=O. The van der Waals surface area contributed by atoms with E-state index in [-0.39, 0.29) is 11.1 Å². The van der Waals surface area contributed by atoms with E-state index in [1.54, 1.807) is 12.3 Å². The van der Waals surface area contributed by atoms with E-state index >= 15 is 0 Å². The number of hydrogen-bond acceptors (Lipinski definition) is 3. The minimum atomic E-state index is -0.151. The molecule has 5 heteroatoms. The molecule has 0 amide bonds. The van der Waals surface area contributed by atoms with Crippen LogP contribution in [0.2, 0.25) is 0 Å². The summed E-state index contributed by atoms with van der Waals surface area (Å²) in [6.07, 6.45) is 4.26. The second-order valence-corrected chi connectivity index (χ2v) is 5.30. The van der Waals surface area contributed by atoms with E-state index in [4.69, 9.17) is 0 Å². The van der Waals surface area contributed by atoms with E-state index in [0.29, 0.717) is 11.0 Å². The quantitative estimate of drug-likeness (QED) is 0.851. The van der Waals surface area contributed by atoms with Crippen LogP contribution in [0.5, 0.6) is 0 Å². The molecular weight excluding hydrogens is 282 g/mol. The molecule has 1 N–H and O–H groups in total. The van der Waals surface area contributed by atoms with Crippen molar-refractivity contribution in [2.75, 3.05) is 5.32 Å². The minimum Gasteiger partial charge on any atom is -0.378 e. The zero-order valence-corrected chi connectivity index (χ0v) is 12.0. The summed E-state index contributed by atoms with van der Waals surface area (Å²) in [5, 5.41) is 7.39. The first-order valence-corrected chi connectivity index (χ1v) is 6.35. The van der Waals surface area contributed by atoms with E-state index in [1.807, 2.05) is 0 Å². The highest BCUT2D eigenvalue weighted by Gasteiger charge is 2.17. The molecule has 4 nitrogen and oxygen atoms in total. The molecule has 1 rings (SSSR count). The molecule has 0 spiro atoms. The van der Waals surface area contributed by atoms with Gasteiger partial charge in [0.2, 0.25) is 0 Å². The van der Waals surface area contributed by atoms with Crippen molar-refractivity contribution in [2.24, 2.45) is 0 Å². The van der Waals surface area contributed by atoms with Crippen molar-refractivity contribution in [1.82, 2.24) is 9.78 Å². The maximum atomic E-state index is 11.9. The molecule has 17 heavy (non-hydrogen) atoms. The third-order valence-electron chi connectivity index (χ3n) is 2.64. The van der Waals surface area contributed by atoms with Crippen LogP contribution in [-0.2, 0) is 6.54 Å². The molecule has 0 fully saturated rings. The second kappa shape index (κ2) is 5.49. The largest absolute Gasteiger partial charge is 0.378 e. The fraction of sp³-hybridized carbons (Fsp3) is 0.500. The van der Waals surface area contributed by atoms with Crippen LogP contribution in [0, 0.1) is 0 Å². The van der Waals surface area contributed by atoms with Gasteiger partial charge in [-0.2, -0.15) is 5.10 Å². The third-order valence-corrected chi connectivity index (χ3v) is 3.41. The van der Waals surface area contributed by atoms with E-state index in [0.717, 1.165) is 12.1 Å². The van der Waals surface area contributed by atoms with Crippen molar-refractivity contribution in [3.05, 3.63) is 33.7 Å². The molecule has 0 bridgehead atoms. The van der Waals surface area contributed by atoms with Gasteiger partial charge in [-0.3, -0.25) is 4.79 Å². The van der Waals surface area contributed by atoms with Crippen molar-refractivity contribution in [1.29, 1.82) is 0 Å². The Labute approximate surface area is 110 Å². The van der Waals surface area contributed by atoms with Gasteiger partial charge in [-0.15, -0.1) is 6.58 Å². The lowest BCUT2D eigenvalue weighted by atomic mass is 10.0. The maximum Gasteiger partial charge on any atom is 0.283 e. The molecule has 0 unspecified atom stereocenters. The molecular formula is C12H18BrN3O. The first-order chi connectivity index (χ1) is 7.91. The molecule has 1 heterocycles. The summed E-state index contributed by atoms with van der Waals surface area (Å²) in [6, 6.07) is 0. The number of rotatable bonds is 5. The molecule has 0 aromatic carbocycles. The average Bonchev–Trinajstić information content (AvgIpc) is 2.29. The smallest absolute Gasteiger partial charge is 0.283 e. The number of halogens is 1. The molecule has 0 aliphatic rings. The van der Waals surface area contributed by atoms with Gasteiger partial charge in [0.05, 0.1) is 18.4 Å². The Morgan fingerprint density at radius 2 is 2.29 bits per heavy atom. The number of aromatic nitrogens is 2. The molecule has 1 aromatic heterocycles. The zero-order chi connectivity index (χ0) is 13.1. The fourth-order valence-electron chi connectivity index (χ4n) is 1.26. The Balaban J connectivity index is 3.09. The number of anilines is 1.